The summed E-state index contributed by atoms with van der Waals surface area (Å²) in [5.41, 5.74) is 3.35. The van der Waals surface area contributed by atoms with E-state index in [4.69, 9.17) is 0 Å². The second kappa shape index (κ2) is 8.04. The fraction of sp³-hybridized carbons (Fsp3) is 0.0909. The number of carbonyl (C=O) groups excluding carboxylic acids is 1. The summed E-state index contributed by atoms with van der Waals surface area (Å²) >= 11 is 3.00. The van der Waals surface area contributed by atoms with Crippen LogP contribution in [0.5, 0.6) is 5.75 Å². The van der Waals surface area contributed by atoms with Gasteiger partial charge in [0.05, 0.1) is 21.5 Å². The minimum absolute atomic E-state index is 0.0912. The van der Waals surface area contributed by atoms with E-state index in [1.54, 1.807) is 18.2 Å². The number of anilines is 1. The monoisotopic (exact) mass is 406 g/mol. The maximum atomic E-state index is 12.3. The molecular formula is C22H18N2O2S2. The molecule has 1 heterocycles. The molecular weight excluding hydrogens is 388 g/mol. The normalized spacial score (nSPS) is 10.9. The van der Waals surface area contributed by atoms with E-state index in [2.05, 4.69) is 10.3 Å². The molecule has 4 rings (SSSR count). The van der Waals surface area contributed by atoms with Gasteiger partial charge < -0.3 is 10.4 Å². The Hall–Kier alpha value is -2.83. The first-order chi connectivity index (χ1) is 13.6. The fourth-order valence-corrected chi connectivity index (χ4v) is 4.44. The predicted molar refractivity (Wildman–Crippen MR) is 117 cm³/mol. The summed E-state index contributed by atoms with van der Waals surface area (Å²) in [7, 11) is 0. The van der Waals surface area contributed by atoms with Crippen molar-refractivity contribution in [2.75, 3.05) is 11.1 Å². The Balaban J connectivity index is 1.48. The van der Waals surface area contributed by atoms with Crippen LogP contribution < -0.4 is 5.32 Å². The molecule has 0 bridgehead atoms. The number of hydrogen-bond acceptors (Lipinski definition) is 5. The molecule has 0 fully saturated rings. The molecule has 0 aliphatic rings. The van der Waals surface area contributed by atoms with Crippen LogP contribution in [0.25, 0.3) is 20.8 Å². The number of fused-ring (bicyclic) bond motifs is 1. The number of thiazole rings is 1. The minimum atomic E-state index is -0.0912. The maximum absolute atomic E-state index is 12.3. The molecule has 0 saturated heterocycles. The van der Waals surface area contributed by atoms with Crippen LogP contribution >= 0.6 is 23.1 Å². The third-order valence-corrected chi connectivity index (χ3v) is 6.28. The first-order valence-corrected chi connectivity index (χ1v) is 10.6. The van der Waals surface area contributed by atoms with Crippen molar-refractivity contribution in [2.24, 2.45) is 0 Å². The van der Waals surface area contributed by atoms with Crippen LogP contribution in [0.2, 0.25) is 0 Å². The Bertz CT molecular complexity index is 1100. The van der Waals surface area contributed by atoms with Gasteiger partial charge in [0.1, 0.15) is 10.8 Å². The van der Waals surface area contributed by atoms with Crippen molar-refractivity contribution in [3.8, 4) is 16.3 Å². The van der Waals surface area contributed by atoms with Gasteiger partial charge in [0.25, 0.3) is 0 Å². The Morgan fingerprint density at radius 3 is 2.68 bits per heavy atom. The summed E-state index contributed by atoms with van der Waals surface area (Å²) in [6, 6.07) is 21.0. The van der Waals surface area contributed by atoms with Gasteiger partial charge in [0.2, 0.25) is 5.91 Å². The van der Waals surface area contributed by atoms with Crippen LogP contribution in [0.15, 0.2) is 71.6 Å². The first-order valence-electron chi connectivity index (χ1n) is 8.77. The molecule has 2 N–H and O–H groups in total. The van der Waals surface area contributed by atoms with Gasteiger partial charge in [-0.2, -0.15) is 0 Å². The molecule has 0 saturated carbocycles. The zero-order chi connectivity index (χ0) is 19.5. The highest BCUT2D eigenvalue weighted by Gasteiger charge is 2.12. The van der Waals surface area contributed by atoms with Crippen LogP contribution in [-0.2, 0) is 4.79 Å². The number of phenols is 1. The van der Waals surface area contributed by atoms with Crippen LogP contribution in [0, 0.1) is 6.92 Å². The molecule has 0 atom stereocenters. The second-order valence-electron chi connectivity index (χ2n) is 6.37. The van der Waals surface area contributed by atoms with Gasteiger partial charge in [0.15, 0.2) is 0 Å². The lowest BCUT2D eigenvalue weighted by molar-refractivity contribution is -0.113. The highest BCUT2D eigenvalue weighted by molar-refractivity contribution is 8.00. The van der Waals surface area contributed by atoms with Crippen molar-refractivity contribution in [2.45, 2.75) is 11.8 Å². The summed E-state index contributed by atoms with van der Waals surface area (Å²) in [5, 5.41) is 13.9. The van der Waals surface area contributed by atoms with Gasteiger partial charge in [-0.1, -0.05) is 29.8 Å². The molecule has 0 spiro atoms. The molecule has 28 heavy (non-hydrogen) atoms. The predicted octanol–water partition coefficient (Wildman–Crippen LogP) is 5.71. The van der Waals surface area contributed by atoms with Crippen molar-refractivity contribution in [3.05, 3.63) is 72.3 Å². The number of amides is 1. The van der Waals surface area contributed by atoms with Gasteiger partial charge in [-0.3, -0.25) is 4.79 Å². The average molecular weight is 407 g/mol. The number of rotatable bonds is 5. The molecule has 4 aromatic rings. The highest BCUT2D eigenvalue weighted by Crippen LogP contribution is 2.36. The molecule has 1 amide bonds. The lowest BCUT2D eigenvalue weighted by atomic mass is 10.2. The third kappa shape index (κ3) is 4.18. The Labute approximate surface area is 171 Å². The van der Waals surface area contributed by atoms with Crippen molar-refractivity contribution < 1.29 is 9.90 Å². The Kier molecular flexibility index (Phi) is 5.32. The van der Waals surface area contributed by atoms with E-state index in [9.17, 15) is 9.90 Å². The number of nitrogens with zero attached hydrogens (tertiary/aromatic N) is 1. The standard InChI is InChI=1S/C22H18N2O2S2/c1-14-6-9-16(10-7-14)27-13-21(26)23-15-8-11-19(25)17(12-15)22-24-18-4-2-3-5-20(18)28-22/h2-12,25H,13H2,1H3,(H,23,26). The van der Waals surface area contributed by atoms with Gasteiger partial charge in [-0.05, 0) is 49.4 Å². The molecule has 0 unspecified atom stereocenters. The second-order valence-corrected chi connectivity index (χ2v) is 8.45. The number of nitrogens with one attached hydrogen (secondary N) is 1. The summed E-state index contributed by atoms with van der Waals surface area (Å²) in [5.74, 6) is 0.373. The molecule has 0 aliphatic carbocycles. The summed E-state index contributed by atoms with van der Waals surface area (Å²) in [6.07, 6.45) is 0. The van der Waals surface area contributed by atoms with Crippen LogP contribution in [0.1, 0.15) is 5.56 Å². The van der Waals surface area contributed by atoms with E-state index in [-0.39, 0.29) is 11.7 Å². The lowest BCUT2D eigenvalue weighted by Gasteiger charge is -2.08. The van der Waals surface area contributed by atoms with Crippen LogP contribution in [0.3, 0.4) is 0 Å². The van der Waals surface area contributed by atoms with E-state index in [0.717, 1.165) is 20.1 Å². The third-order valence-electron chi connectivity index (χ3n) is 4.20. The summed E-state index contributed by atoms with van der Waals surface area (Å²) in [4.78, 5) is 18.0. The molecule has 0 aliphatic heterocycles. The summed E-state index contributed by atoms with van der Waals surface area (Å²) < 4.78 is 1.06. The number of carbonyl (C=O) groups is 1. The van der Waals surface area contributed by atoms with E-state index >= 15 is 0 Å². The smallest absolute Gasteiger partial charge is 0.234 e. The Morgan fingerprint density at radius 1 is 1.11 bits per heavy atom. The van der Waals surface area contributed by atoms with Crippen LogP contribution in [-0.4, -0.2) is 21.8 Å². The number of phenolic OH excluding ortho intramolecular Hbond substituents is 1. The van der Waals surface area contributed by atoms with Crippen molar-refractivity contribution in [1.82, 2.24) is 4.98 Å². The van der Waals surface area contributed by atoms with Gasteiger partial charge in [0, 0.05) is 10.6 Å². The molecule has 3 aromatic carbocycles. The van der Waals surface area contributed by atoms with Crippen LogP contribution in [0.4, 0.5) is 5.69 Å². The topological polar surface area (TPSA) is 62.2 Å². The van der Waals surface area contributed by atoms with Gasteiger partial charge >= 0.3 is 0 Å². The van der Waals surface area contributed by atoms with Crippen molar-refractivity contribution >= 4 is 44.9 Å². The zero-order valence-corrected chi connectivity index (χ0v) is 16.8. The number of para-hydroxylation sites is 1. The van der Waals surface area contributed by atoms with Gasteiger partial charge in [-0.15, -0.1) is 23.1 Å². The molecule has 0 radical (unpaired) electrons. The number of thioether (sulfide) groups is 1. The number of hydrogen-bond donors (Lipinski definition) is 2. The minimum Gasteiger partial charge on any atom is -0.507 e. The molecule has 4 nitrogen and oxygen atoms in total. The quantitative estimate of drug-likeness (QED) is 0.329. The zero-order valence-electron chi connectivity index (χ0n) is 15.2. The lowest BCUT2D eigenvalue weighted by Crippen LogP contribution is -2.13. The molecule has 1 aromatic heterocycles. The first kappa shape index (κ1) is 18.5. The van der Waals surface area contributed by atoms with Crippen molar-refractivity contribution in [3.63, 3.8) is 0 Å². The number of aryl methyl sites for hydroxylation is 1. The van der Waals surface area contributed by atoms with E-state index < -0.39 is 0 Å². The number of aromatic hydroxyl groups is 1. The van der Waals surface area contributed by atoms with E-state index in [0.29, 0.717) is 17.0 Å². The highest BCUT2D eigenvalue weighted by atomic mass is 32.2. The number of benzene rings is 3. The average Bonchev–Trinajstić information content (AvgIpc) is 3.13. The SMILES string of the molecule is Cc1ccc(SCC(=O)Nc2ccc(O)c(-c3nc4ccccc4s3)c2)cc1. The largest absolute Gasteiger partial charge is 0.507 e. The molecule has 6 heteroatoms. The van der Waals surface area contributed by atoms with E-state index in [1.807, 2.05) is 55.5 Å². The fourth-order valence-electron chi connectivity index (χ4n) is 2.75. The van der Waals surface area contributed by atoms with Gasteiger partial charge in [-0.25, -0.2) is 4.98 Å². The number of aromatic nitrogens is 1. The maximum Gasteiger partial charge on any atom is 0.234 e. The Morgan fingerprint density at radius 2 is 1.89 bits per heavy atom. The van der Waals surface area contributed by atoms with Crippen molar-refractivity contribution in [1.29, 1.82) is 0 Å². The van der Waals surface area contributed by atoms with E-state index in [1.165, 1.54) is 28.7 Å². The summed E-state index contributed by atoms with van der Waals surface area (Å²) in [6.45, 7) is 2.04. The molecule has 140 valence electrons.